The second kappa shape index (κ2) is 7.50. The van der Waals surface area contributed by atoms with E-state index in [0.29, 0.717) is 6.54 Å². The highest BCUT2D eigenvalue weighted by molar-refractivity contribution is 5.55. The minimum absolute atomic E-state index is 0.176. The Kier molecular flexibility index (Phi) is 5.38. The van der Waals surface area contributed by atoms with Crippen LogP contribution in [0.4, 0.5) is 11.4 Å². The van der Waals surface area contributed by atoms with Gasteiger partial charge < -0.3 is 15.3 Å². The number of aromatic nitrogens is 1. The van der Waals surface area contributed by atoms with Gasteiger partial charge >= 0.3 is 0 Å². The predicted molar refractivity (Wildman–Crippen MR) is 83.0 cm³/mol. The number of hydrogen-bond donors (Lipinski definition) is 2. The van der Waals surface area contributed by atoms with E-state index in [1.54, 1.807) is 12.4 Å². The molecule has 1 aromatic carbocycles. The molecule has 0 aliphatic heterocycles. The van der Waals surface area contributed by atoms with E-state index in [9.17, 15) is 0 Å². The molecule has 2 N–H and O–H groups in total. The number of benzene rings is 1. The Labute approximate surface area is 120 Å². The number of anilines is 2. The third-order valence-corrected chi connectivity index (χ3v) is 3.23. The van der Waals surface area contributed by atoms with E-state index in [4.69, 9.17) is 5.11 Å². The molecule has 0 spiro atoms. The summed E-state index contributed by atoms with van der Waals surface area (Å²) in [5.41, 5.74) is 3.43. The Morgan fingerprint density at radius 1 is 1.10 bits per heavy atom. The number of aliphatic hydroxyl groups excluding tert-OH is 1. The third-order valence-electron chi connectivity index (χ3n) is 3.23. The molecule has 1 heterocycles. The fourth-order valence-electron chi connectivity index (χ4n) is 2.09. The first kappa shape index (κ1) is 14.3. The van der Waals surface area contributed by atoms with Crippen LogP contribution in [0.25, 0.3) is 0 Å². The second-order valence-electron chi connectivity index (χ2n) is 4.56. The van der Waals surface area contributed by atoms with Gasteiger partial charge in [0.05, 0.1) is 6.61 Å². The zero-order valence-electron chi connectivity index (χ0n) is 11.8. The van der Waals surface area contributed by atoms with Crippen LogP contribution in [0.1, 0.15) is 12.5 Å². The van der Waals surface area contributed by atoms with Gasteiger partial charge in [-0.05, 0) is 48.9 Å². The molecule has 0 bridgehead atoms. The highest BCUT2D eigenvalue weighted by Gasteiger charge is 2.03. The summed E-state index contributed by atoms with van der Waals surface area (Å²) in [6.07, 6.45) is 3.60. The van der Waals surface area contributed by atoms with Crippen LogP contribution in [0.2, 0.25) is 0 Å². The molecular formula is C16H21N3O. The summed E-state index contributed by atoms with van der Waals surface area (Å²) in [5, 5.41) is 12.4. The summed E-state index contributed by atoms with van der Waals surface area (Å²) >= 11 is 0. The zero-order valence-corrected chi connectivity index (χ0v) is 11.8. The lowest BCUT2D eigenvalue weighted by molar-refractivity contribution is 0.302. The highest BCUT2D eigenvalue weighted by Crippen LogP contribution is 2.18. The topological polar surface area (TPSA) is 48.4 Å². The summed E-state index contributed by atoms with van der Waals surface area (Å²) < 4.78 is 0. The number of aliphatic hydroxyl groups is 1. The van der Waals surface area contributed by atoms with Gasteiger partial charge in [-0.2, -0.15) is 0 Å². The van der Waals surface area contributed by atoms with Crippen LogP contribution >= 0.6 is 0 Å². The normalized spacial score (nSPS) is 10.3. The van der Waals surface area contributed by atoms with Crippen LogP contribution in [0.3, 0.4) is 0 Å². The van der Waals surface area contributed by atoms with Gasteiger partial charge in [-0.1, -0.05) is 0 Å². The lowest BCUT2D eigenvalue weighted by Gasteiger charge is -2.22. The van der Waals surface area contributed by atoms with Crippen molar-refractivity contribution in [1.82, 2.24) is 4.98 Å². The van der Waals surface area contributed by atoms with Crippen molar-refractivity contribution < 1.29 is 5.11 Å². The average molecular weight is 271 g/mol. The first-order valence-electron chi connectivity index (χ1n) is 6.92. The Morgan fingerprint density at radius 3 is 2.40 bits per heavy atom. The van der Waals surface area contributed by atoms with Gasteiger partial charge in [0, 0.05) is 43.4 Å². The minimum atomic E-state index is 0.176. The van der Waals surface area contributed by atoms with E-state index in [0.717, 1.165) is 24.5 Å². The second-order valence-corrected chi connectivity index (χ2v) is 4.56. The standard InChI is InChI=1S/C16H21N3O/c1-2-19(11-12-20)16-5-3-15(4-6-16)18-13-14-7-9-17-10-8-14/h3-10,18,20H,2,11-13H2,1H3. The molecule has 20 heavy (non-hydrogen) atoms. The largest absolute Gasteiger partial charge is 0.395 e. The Bertz CT molecular complexity index is 499. The molecule has 106 valence electrons. The molecule has 4 nitrogen and oxygen atoms in total. The molecule has 0 aliphatic rings. The molecular weight excluding hydrogens is 250 g/mol. The van der Waals surface area contributed by atoms with Crippen LogP contribution in [0.15, 0.2) is 48.8 Å². The minimum Gasteiger partial charge on any atom is -0.395 e. The monoisotopic (exact) mass is 271 g/mol. The van der Waals surface area contributed by atoms with Crippen LogP contribution in [0.5, 0.6) is 0 Å². The summed E-state index contributed by atoms with van der Waals surface area (Å²) in [6, 6.07) is 12.3. The van der Waals surface area contributed by atoms with Gasteiger partial charge in [-0.15, -0.1) is 0 Å². The SMILES string of the molecule is CCN(CCO)c1ccc(NCc2ccncc2)cc1. The highest BCUT2D eigenvalue weighted by atomic mass is 16.3. The average Bonchev–Trinajstić information content (AvgIpc) is 2.52. The number of nitrogens with one attached hydrogen (secondary N) is 1. The quantitative estimate of drug-likeness (QED) is 0.812. The first-order chi connectivity index (χ1) is 9.83. The van der Waals surface area contributed by atoms with E-state index < -0.39 is 0 Å². The predicted octanol–water partition coefficient (Wildman–Crippen LogP) is 2.51. The first-order valence-corrected chi connectivity index (χ1v) is 6.92. The van der Waals surface area contributed by atoms with Gasteiger partial charge in [0.1, 0.15) is 0 Å². The molecule has 0 unspecified atom stereocenters. The number of likely N-dealkylation sites (N-methyl/N-ethyl adjacent to an activating group) is 1. The molecule has 2 aromatic rings. The van der Waals surface area contributed by atoms with Gasteiger partial charge in [0.2, 0.25) is 0 Å². The maximum atomic E-state index is 9.03. The summed E-state index contributed by atoms with van der Waals surface area (Å²) in [6.45, 7) is 4.61. The maximum Gasteiger partial charge on any atom is 0.0606 e. The smallest absolute Gasteiger partial charge is 0.0606 e. The van der Waals surface area contributed by atoms with Crippen molar-refractivity contribution in [3.05, 3.63) is 54.4 Å². The van der Waals surface area contributed by atoms with Crippen molar-refractivity contribution >= 4 is 11.4 Å². The Balaban J connectivity index is 1.94. The van der Waals surface area contributed by atoms with Crippen molar-refractivity contribution in [1.29, 1.82) is 0 Å². The van der Waals surface area contributed by atoms with Crippen molar-refractivity contribution in [2.75, 3.05) is 29.9 Å². The van der Waals surface area contributed by atoms with Crippen LogP contribution in [0, 0.1) is 0 Å². The summed E-state index contributed by atoms with van der Waals surface area (Å²) in [5.74, 6) is 0. The van der Waals surface area contributed by atoms with E-state index >= 15 is 0 Å². The number of rotatable bonds is 7. The van der Waals surface area contributed by atoms with Gasteiger partial charge in [0.15, 0.2) is 0 Å². The van der Waals surface area contributed by atoms with E-state index in [-0.39, 0.29) is 6.61 Å². The van der Waals surface area contributed by atoms with Gasteiger partial charge in [0.25, 0.3) is 0 Å². The molecule has 0 atom stereocenters. The zero-order chi connectivity index (χ0) is 14.2. The molecule has 1 aromatic heterocycles. The van der Waals surface area contributed by atoms with Crippen LogP contribution in [-0.4, -0.2) is 29.8 Å². The van der Waals surface area contributed by atoms with E-state index in [1.165, 1.54) is 5.56 Å². The lowest BCUT2D eigenvalue weighted by atomic mass is 10.2. The number of pyridine rings is 1. The van der Waals surface area contributed by atoms with Crippen LogP contribution < -0.4 is 10.2 Å². The van der Waals surface area contributed by atoms with Crippen molar-refractivity contribution in [3.63, 3.8) is 0 Å². The summed E-state index contributed by atoms with van der Waals surface area (Å²) in [7, 11) is 0. The molecule has 2 rings (SSSR count). The van der Waals surface area contributed by atoms with E-state index in [2.05, 4.69) is 46.4 Å². The van der Waals surface area contributed by atoms with Crippen molar-refractivity contribution in [2.45, 2.75) is 13.5 Å². The fourth-order valence-corrected chi connectivity index (χ4v) is 2.09. The van der Waals surface area contributed by atoms with Crippen LogP contribution in [-0.2, 0) is 6.54 Å². The molecule has 0 saturated carbocycles. The van der Waals surface area contributed by atoms with Gasteiger partial charge in [-0.3, -0.25) is 4.98 Å². The molecule has 0 fully saturated rings. The fraction of sp³-hybridized carbons (Fsp3) is 0.312. The molecule has 0 saturated heterocycles. The number of nitrogens with zero attached hydrogens (tertiary/aromatic N) is 2. The number of hydrogen-bond acceptors (Lipinski definition) is 4. The Morgan fingerprint density at radius 2 is 1.80 bits per heavy atom. The summed E-state index contributed by atoms with van der Waals surface area (Å²) in [4.78, 5) is 6.15. The molecule has 0 amide bonds. The lowest BCUT2D eigenvalue weighted by Crippen LogP contribution is -2.25. The van der Waals surface area contributed by atoms with Crippen molar-refractivity contribution in [2.24, 2.45) is 0 Å². The van der Waals surface area contributed by atoms with Gasteiger partial charge in [-0.25, -0.2) is 0 Å². The van der Waals surface area contributed by atoms with E-state index in [1.807, 2.05) is 12.1 Å². The Hall–Kier alpha value is -2.07. The third kappa shape index (κ3) is 3.96. The molecule has 0 aliphatic carbocycles. The van der Waals surface area contributed by atoms with Crippen molar-refractivity contribution in [3.8, 4) is 0 Å². The molecule has 0 radical (unpaired) electrons. The maximum absolute atomic E-state index is 9.03. The molecule has 4 heteroatoms.